The highest BCUT2D eigenvalue weighted by Crippen LogP contribution is 2.24. The maximum absolute atomic E-state index is 13.0. The summed E-state index contributed by atoms with van der Waals surface area (Å²) >= 11 is 0. The van der Waals surface area contributed by atoms with Gasteiger partial charge in [-0.1, -0.05) is 11.6 Å². The summed E-state index contributed by atoms with van der Waals surface area (Å²) in [7, 11) is 0. The van der Waals surface area contributed by atoms with Gasteiger partial charge in [-0.3, -0.25) is 4.79 Å². The first-order valence-electron chi connectivity index (χ1n) is 8.53. The normalized spacial score (nSPS) is 15.0. The highest BCUT2D eigenvalue weighted by molar-refractivity contribution is 6.01. The molecule has 1 fully saturated rings. The Hall–Kier alpha value is -2.89. The van der Waals surface area contributed by atoms with E-state index in [-0.39, 0.29) is 5.91 Å². The average Bonchev–Trinajstić information content (AvgIpc) is 2.98. The van der Waals surface area contributed by atoms with Gasteiger partial charge in [0.25, 0.3) is 5.91 Å². The van der Waals surface area contributed by atoms with E-state index < -0.39 is 0 Å². The van der Waals surface area contributed by atoms with Gasteiger partial charge in [0.05, 0.1) is 0 Å². The number of hydrogen-bond donors (Lipinski definition) is 1. The Morgan fingerprint density at radius 1 is 1.08 bits per heavy atom. The summed E-state index contributed by atoms with van der Waals surface area (Å²) in [4.78, 5) is 28.9. The lowest BCUT2D eigenvalue weighted by molar-refractivity contribution is 0.0740. The van der Waals surface area contributed by atoms with Crippen LogP contribution in [0.25, 0.3) is 10.9 Å². The molecule has 0 spiro atoms. The number of H-pyrrole nitrogens is 1. The molecule has 1 aliphatic heterocycles. The van der Waals surface area contributed by atoms with E-state index in [1.807, 2.05) is 24.0 Å². The number of nitrogens with one attached hydrogen (secondary N) is 1. The molecule has 0 aliphatic carbocycles. The number of amides is 1. The Labute approximate surface area is 146 Å². The zero-order chi connectivity index (χ0) is 17.4. The monoisotopic (exact) mass is 335 g/mol. The Kier molecular flexibility index (Phi) is 3.87. The van der Waals surface area contributed by atoms with Crippen molar-refractivity contribution in [2.75, 3.05) is 31.1 Å². The van der Waals surface area contributed by atoms with E-state index in [0.717, 1.165) is 35.5 Å². The third kappa shape index (κ3) is 2.84. The van der Waals surface area contributed by atoms with Gasteiger partial charge in [-0.25, -0.2) is 9.97 Å². The van der Waals surface area contributed by atoms with Gasteiger partial charge in [0, 0.05) is 49.5 Å². The van der Waals surface area contributed by atoms with E-state index >= 15 is 0 Å². The van der Waals surface area contributed by atoms with Crippen molar-refractivity contribution in [2.45, 2.75) is 13.8 Å². The highest BCUT2D eigenvalue weighted by Gasteiger charge is 2.25. The van der Waals surface area contributed by atoms with Crippen LogP contribution in [0, 0.1) is 13.8 Å². The standard InChI is InChI=1S/C19H21N5O/c1-13-4-5-16-15(12-13)14(2)17(22-16)18(25)23-8-10-24(11-9-23)19-20-6-3-7-21-19/h3-7,12,22H,8-11H2,1-2H3. The number of carbonyl (C=O) groups is 1. The molecule has 3 aromatic rings. The Balaban J connectivity index is 1.52. The lowest BCUT2D eigenvalue weighted by Crippen LogP contribution is -2.49. The number of piperazine rings is 1. The van der Waals surface area contributed by atoms with Crippen molar-refractivity contribution < 1.29 is 4.79 Å². The molecule has 1 amide bonds. The van der Waals surface area contributed by atoms with Crippen LogP contribution in [0.3, 0.4) is 0 Å². The van der Waals surface area contributed by atoms with Crippen molar-refractivity contribution in [1.29, 1.82) is 0 Å². The van der Waals surface area contributed by atoms with E-state index in [9.17, 15) is 4.79 Å². The molecule has 25 heavy (non-hydrogen) atoms. The molecule has 1 saturated heterocycles. The molecule has 1 N–H and O–H groups in total. The second kappa shape index (κ2) is 6.20. The summed E-state index contributed by atoms with van der Waals surface area (Å²) in [5, 5.41) is 1.12. The number of rotatable bonds is 2. The zero-order valence-corrected chi connectivity index (χ0v) is 14.5. The molecule has 0 atom stereocenters. The molecule has 4 rings (SSSR count). The van der Waals surface area contributed by atoms with E-state index in [1.54, 1.807) is 12.4 Å². The summed E-state index contributed by atoms with van der Waals surface area (Å²) in [6.45, 7) is 6.91. The number of anilines is 1. The third-order valence-electron chi connectivity index (χ3n) is 4.83. The second-order valence-corrected chi connectivity index (χ2v) is 6.50. The molecule has 3 heterocycles. The Morgan fingerprint density at radius 3 is 2.52 bits per heavy atom. The smallest absolute Gasteiger partial charge is 0.270 e. The fourth-order valence-corrected chi connectivity index (χ4v) is 3.38. The molecule has 1 aliphatic rings. The minimum absolute atomic E-state index is 0.0694. The van der Waals surface area contributed by atoms with Gasteiger partial charge in [-0.15, -0.1) is 0 Å². The summed E-state index contributed by atoms with van der Waals surface area (Å²) < 4.78 is 0. The first-order chi connectivity index (χ1) is 12.1. The van der Waals surface area contributed by atoms with Crippen molar-refractivity contribution in [3.63, 3.8) is 0 Å². The summed E-state index contributed by atoms with van der Waals surface area (Å²) in [6, 6.07) is 8.04. The maximum atomic E-state index is 13.0. The van der Waals surface area contributed by atoms with Crippen molar-refractivity contribution in [3.05, 3.63) is 53.5 Å². The molecule has 0 unspecified atom stereocenters. The maximum Gasteiger partial charge on any atom is 0.270 e. The van der Waals surface area contributed by atoms with Crippen LogP contribution in [0.1, 0.15) is 21.6 Å². The lowest BCUT2D eigenvalue weighted by atomic mass is 10.1. The van der Waals surface area contributed by atoms with Gasteiger partial charge >= 0.3 is 0 Å². The van der Waals surface area contributed by atoms with E-state index in [2.05, 4.69) is 38.9 Å². The van der Waals surface area contributed by atoms with Gasteiger partial charge < -0.3 is 14.8 Å². The van der Waals surface area contributed by atoms with E-state index in [1.165, 1.54) is 5.56 Å². The van der Waals surface area contributed by atoms with Crippen LogP contribution in [0.5, 0.6) is 0 Å². The predicted octanol–water partition coefficient (Wildman–Crippen LogP) is 2.54. The van der Waals surface area contributed by atoms with E-state index in [4.69, 9.17) is 0 Å². The van der Waals surface area contributed by atoms with Gasteiger partial charge in [0.15, 0.2) is 0 Å². The summed E-state index contributed by atoms with van der Waals surface area (Å²) in [5.41, 5.74) is 3.94. The molecule has 2 aromatic heterocycles. The number of hydrogen-bond acceptors (Lipinski definition) is 4. The van der Waals surface area contributed by atoms with Gasteiger partial charge in [-0.2, -0.15) is 0 Å². The lowest BCUT2D eigenvalue weighted by Gasteiger charge is -2.34. The van der Waals surface area contributed by atoms with Crippen LogP contribution >= 0.6 is 0 Å². The number of fused-ring (bicyclic) bond motifs is 1. The van der Waals surface area contributed by atoms with Crippen molar-refractivity contribution in [3.8, 4) is 0 Å². The second-order valence-electron chi connectivity index (χ2n) is 6.50. The highest BCUT2D eigenvalue weighted by atomic mass is 16.2. The van der Waals surface area contributed by atoms with Crippen LogP contribution < -0.4 is 4.90 Å². The number of aromatic nitrogens is 3. The minimum Gasteiger partial charge on any atom is -0.350 e. The molecular formula is C19H21N5O. The van der Waals surface area contributed by atoms with Crippen molar-refractivity contribution in [2.24, 2.45) is 0 Å². The summed E-state index contributed by atoms with van der Waals surface area (Å²) in [6.07, 6.45) is 3.49. The molecule has 128 valence electrons. The zero-order valence-electron chi connectivity index (χ0n) is 14.5. The number of aryl methyl sites for hydroxylation is 2. The first-order valence-corrected chi connectivity index (χ1v) is 8.53. The SMILES string of the molecule is Cc1ccc2[nH]c(C(=O)N3CCN(c4ncccn4)CC3)c(C)c2c1. The fraction of sp³-hybridized carbons (Fsp3) is 0.316. The molecular weight excluding hydrogens is 314 g/mol. The minimum atomic E-state index is 0.0694. The van der Waals surface area contributed by atoms with Crippen LogP contribution in [-0.4, -0.2) is 51.9 Å². The molecule has 0 bridgehead atoms. The molecule has 6 heteroatoms. The van der Waals surface area contributed by atoms with Crippen LogP contribution in [0.15, 0.2) is 36.7 Å². The quantitative estimate of drug-likeness (QED) is 0.782. The van der Waals surface area contributed by atoms with Gasteiger partial charge in [0.1, 0.15) is 5.69 Å². The van der Waals surface area contributed by atoms with Crippen molar-refractivity contribution in [1.82, 2.24) is 19.9 Å². The topological polar surface area (TPSA) is 65.1 Å². The van der Waals surface area contributed by atoms with Crippen LogP contribution in [0.2, 0.25) is 0 Å². The van der Waals surface area contributed by atoms with E-state index in [0.29, 0.717) is 18.8 Å². The summed E-state index contributed by atoms with van der Waals surface area (Å²) in [5.74, 6) is 0.798. The average molecular weight is 335 g/mol. The number of carbonyl (C=O) groups excluding carboxylic acids is 1. The number of nitrogens with zero attached hydrogens (tertiary/aromatic N) is 4. The van der Waals surface area contributed by atoms with Gasteiger partial charge in [-0.05, 0) is 37.6 Å². The van der Waals surface area contributed by atoms with Gasteiger partial charge in [0.2, 0.25) is 5.95 Å². The Morgan fingerprint density at radius 2 is 1.80 bits per heavy atom. The van der Waals surface area contributed by atoms with Crippen molar-refractivity contribution >= 4 is 22.8 Å². The molecule has 0 saturated carbocycles. The van der Waals surface area contributed by atoms with Crippen LogP contribution in [0.4, 0.5) is 5.95 Å². The first kappa shape index (κ1) is 15.6. The third-order valence-corrected chi connectivity index (χ3v) is 4.83. The predicted molar refractivity (Wildman–Crippen MR) is 97.9 cm³/mol. The number of aromatic amines is 1. The molecule has 1 aromatic carbocycles. The van der Waals surface area contributed by atoms with Crippen LogP contribution in [-0.2, 0) is 0 Å². The molecule has 6 nitrogen and oxygen atoms in total. The Bertz CT molecular complexity index is 910. The number of benzene rings is 1. The fourth-order valence-electron chi connectivity index (χ4n) is 3.38. The largest absolute Gasteiger partial charge is 0.350 e. The molecule has 0 radical (unpaired) electrons.